The van der Waals surface area contributed by atoms with Gasteiger partial charge in [0, 0.05) is 24.2 Å². The van der Waals surface area contributed by atoms with E-state index in [9.17, 15) is 4.79 Å². The van der Waals surface area contributed by atoms with E-state index in [-0.39, 0.29) is 5.97 Å². The first-order valence-corrected chi connectivity index (χ1v) is 7.33. The van der Waals surface area contributed by atoms with Gasteiger partial charge in [-0.3, -0.25) is 4.79 Å². The minimum Gasteiger partial charge on any atom is -0.465 e. The maximum absolute atomic E-state index is 11.3. The van der Waals surface area contributed by atoms with Crippen LogP contribution in [-0.2, 0) is 21.8 Å². The Labute approximate surface area is 112 Å². The minimum atomic E-state index is -0.506. The van der Waals surface area contributed by atoms with Crippen molar-refractivity contribution < 1.29 is 9.53 Å². The summed E-state index contributed by atoms with van der Waals surface area (Å²) in [6, 6.07) is -0.506. The van der Waals surface area contributed by atoms with E-state index in [1.54, 1.807) is 18.7 Å². The summed E-state index contributed by atoms with van der Waals surface area (Å²) in [5, 5.41) is 0. The Balaban J connectivity index is 2.20. The van der Waals surface area contributed by atoms with Gasteiger partial charge in [-0.15, -0.1) is 0 Å². The number of aryl methyl sites for hydroxylation is 1. The molecule has 0 amide bonds. The Kier molecular flexibility index (Phi) is 6.82. The van der Waals surface area contributed by atoms with Crippen LogP contribution in [0.2, 0.25) is 0 Å². The summed E-state index contributed by atoms with van der Waals surface area (Å²) in [6.45, 7) is 5.19. The third kappa shape index (κ3) is 4.70. The molecule has 0 saturated carbocycles. The monoisotopic (exact) mass is 271 g/mol. The van der Waals surface area contributed by atoms with Crippen LogP contribution in [0.5, 0.6) is 0 Å². The highest BCUT2D eigenvalue weighted by Crippen LogP contribution is 2.13. The molecule has 0 aliphatic rings. The Morgan fingerprint density at radius 3 is 3.06 bits per heavy atom. The molecule has 2 N–H and O–H groups in total. The summed E-state index contributed by atoms with van der Waals surface area (Å²) in [5.41, 5.74) is 6.91. The third-order valence-corrected chi connectivity index (χ3v) is 3.58. The number of nitrogens with zero attached hydrogens (tertiary/aromatic N) is 2. The number of aromatic nitrogens is 2. The number of rotatable bonds is 8. The fraction of sp³-hybridized carbons (Fsp3) is 0.667. The maximum atomic E-state index is 11.3. The van der Waals surface area contributed by atoms with E-state index in [1.165, 1.54) is 5.69 Å². The smallest absolute Gasteiger partial charge is 0.322 e. The van der Waals surface area contributed by atoms with Crippen LogP contribution in [0.15, 0.2) is 12.5 Å². The topological polar surface area (TPSA) is 70.1 Å². The largest absolute Gasteiger partial charge is 0.465 e. The van der Waals surface area contributed by atoms with E-state index in [0.29, 0.717) is 13.0 Å². The lowest BCUT2D eigenvalue weighted by atomic mass is 10.2. The second-order valence-electron chi connectivity index (χ2n) is 3.87. The second kappa shape index (κ2) is 8.16. The normalized spacial score (nSPS) is 12.4. The molecule has 102 valence electrons. The highest BCUT2D eigenvalue weighted by atomic mass is 32.2. The number of carbonyl (C=O) groups is 1. The van der Waals surface area contributed by atoms with Crippen molar-refractivity contribution >= 4 is 17.7 Å². The van der Waals surface area contributed by atoms with E-state index in [1.807, 2.05) is 12.5 Å². The third-order valence-electron chi connectivity index (χ3n) is 2.55. The lowest BCUT2D eigenvalue weighted by molar-refractivity contribution is -0.144. The van der Waals surface area contributed by atoms with Crippen molar-refractivity contribution in [2.24, 2.45) is 5.73 Å². The molecule has 0 aliphatic heterocycles. The van der Waals surface area contributed by atoms with Crippen molar-refractivity contribution in [2.45, 2.75) is 38.6 Å². The molecule has 18 heavy (non-hydrogen) atoms. The Morgan fingerprint density at radius 2 is 2.39 bits per heavy atom. The summed E-state index contributed by atoms with van der Waals surface area (Å²) in [5.74, 6) is 1.43. The van der Waals surface area contributed by atoms with Crippen molar-refractivity contribution in [3.63, 3.8) is 0 Å². The van der Waals surface area contributed by atoms with Gasteiger partial charge in [0.15, 0.2) is 0 Å². The summed E-state index contributed by atoms with van der Waals surface area (Å²) in [4.78, 5) is 15.4. The molecule has 0 aromatic carbocycles. The van der Waals surface area contributed by atoms with Crippen LogP contribution in [0.25, 0.3) is 0 Å². The van der Waals surface area contributed by atoms with Crippen molar-refractivity contribution in [3.05, 3.63) is 18.2 Å². The van der Waals surface area contributed by atoms with Gasteiger partial charge in [0.05, 0.1) is 12.9 Å². The SMILES string of the molecule is CCOC(=O)C(N)CCSCc1cncn1CC. The molecule has 1 atom stereocenters. The van der Waals surface area contributed by atoms with Crippen LogP contribution in [-0.4, -0.2) is 33.9 Å². The standard InChI is InChI=1S/C12H21N3O2S/c1-3-15-9-14-7-10(15)8-18-6-5-11(13)12(16)17-4-2/h7,9,11H,3-6,8,13H2,1-2H3. The number of carbonyl (C=O) groups excluding carboxylic acids is 1. The summed E-state index contributed by atoms with van der Waals surface area (Å²) < 4.78 is 6.97. The molecule has 1 aromatic heterocycles. The number of ether oxygens (including phenoxy) is 1. The van der Waals surface area contributed by atoms with E-state index in [4.69, 9.17) is 10.5 Å². The van der Waals surface area contributed by atoms with Gasteiger partial charge < -0.3 is 15.0 Å². The minimum absolute atomic E-state index is 0.309. The number of hydrogen-bond donors (Lipinski definition) is 1. The Bertz CT molecular complexity index is 368. The van der Waals surface area contributed by atoms with E-state index < -0.39 is 6.04 Å². The van der Waals surface area contributed by atoms with E-state index >= 15 is 0 Å². The van der Waals surface area contributed by atoms with Gasteiger partial charge in [-0.2, -0.15) is 11.8 Å². The van der Waals surface area contributed by atoms with Crippen LogP contribution in [0, 0.1) is 0 Å². The summed E-state index contributed by atoms with van der Waals surface area (Å²) in [7, 11) is 0. The zero-order chi connectivity index (χ0) is 13.4. The number of esters is 1. The van der Waals surface area contributed by atoms with Crippen molar-refractivity contribution in [2.75, 3.05) is 12.4 Å². The molecule has 1 unspecified atom stereocenters. The molecule has 0 fully saturated rings. The van der Waals surface area contributed by atoms with Crippen LogP contribution in [0.4, 0.5) is 0 Å². The average molecular weight is 271 g/mol. The zero-order valence-electron chi connectivity index (χ0n) is 11.0. The van der Waals surface area contributed by atoms with E-state index in [2.05, 4.69) is 16.5 Å². The van der Waals surface area contributed by atoms with Crippen molar-refractivity contribution in [1.82, 2.24) is 9.55 Å². The van der Waals surface area contributed by atoms with Gasteiger partial charge in [0.25, 0.3) is 0 Å². The molecule has 0 saturated heterocycles. The van der Waals surface area contributed by atoms with Crippen molar-refractivity contribution in [3.8, 4) is 0 Å². The van der Waals surface area contributed by atoms with Crippen LogP contribution in [0.1, 0.15) is 26.0 Å². The molecular formula is C12H21N3O2S. The predicted octanol–water partition coefficient (Wildman–Crippen LogP) is 1.42. The van der Waals surface area contributed by atoms with Crippen LogP contribution in [0.3, 0.4) is 0 Å². The number of nitrogens with two attached hydrogens (primary N) is 1. The first-order valence-electron chi connectivity index (χ1n) is 6.18. The lowest BCUT2D eigenvalue weighted by Crippen LogP contribution is -2.32. The average Bonchev–Trinajstić information content (AvgIpc) is 2.82. The molecule has 0 radical (unpaired) electrons. The molecule has 0 aliphatic carbocycles. The molecule has 1 aromatic rings. The molecule has 6 heteroatoms. The second-order valence-corrected chi connectivity index (χ2v) is 4.98. The number of imidazole rings is 1. The fourth-order valence-corrected chi connectivity index (χ4v) is 2.52. The van der Waals surface area contributed by atoms with Gasteiger partial charge in [0.1, 0.15) is 6.04 Å². The Morgan fingerprint density at radius 1 is 1.61 bits per heavy atom. The van der Waals surface area contributed by atoms with Gasteiger partial charge in [-0.1, -0.05) is 0 Å². The first kappa shape index (κ1) is 15.0. The predicted molar refractivity (Wildman–Crippen MR) is 73.3 cm³/mol. The Hall–Kier alpha value is -1.01. The van der Waals surface area contributed by atoms with E-state index in [0.717, 1.165) is 18.1 Å². The van der Waals surface area contributed by atoms with Gasteiger partial charge in [-0.05, 0) is 26.0 Å². The first-order chi connectivity index (χ1) is 8.69. The molecule has 0 bridgehead atoms. The van der Waals surface area contributed by atoms with Crippen LogP contribution < -0.4 is 5.73 Å². The van der Waals surface area contributed by atoms with Crippen LogP contribution >= 0.6 is 11.8 Å². The number of hydrogen-bond acceptors (Lipinski definition) is 5. The van der Waals surface area contributed by atoms with Gasteiger partial charge >= 0.3 is 5.97 Å². The molecular weight excluding hydrogens is 250 g/mol. The van der Waals surface area contributed by atoms with Crippen molar-refractivity contribution in [1.29, 1.82) is 0 Å². The van der Waals surface area contributed by atoms with Gasteiger partial charge in [0.2, 0.25) is 0 Å². The maximum Gasteiger partial charge on any atom is 0.322 e. The summed E-state index contributed by atoms with van der Waals surface area (Å²) in [6.07, 6.45) is 4.35. The number of thioether (sulfide) groups is 1. The fourth-order valence-electron chi connectivity index (χ4n) is 1.51. The highest BCUT2D eigenvalue weighted by Gasteiger charge is 2.13. The quantitative estimate of drug-likeness (QED) is 0.572. The lowest BCUT2D eigenvalue weighted by Gasteiger charge is -2.10. The molecule has 1 heterocycles. The van der Waals surface area contributed by atoms with Gasteiger partial charge in [-0.25, -0.2) is 4.98 Å². The molecule has 0 spiro atoms. The molecule has 5 nitrogen and oxygen atoms in total. The summed E-state index contributed by atoms with van der Waals surface area (Å²) >= 11 is 1.76. The highest BCUT2D eigenvalue weighted by molar-refractivity contribution is 7.98. The molecule has 1 rings (SSSR count). The zero-order valence-corrected chi connectivity index (χ0v) is 11.8.